The molecule has 6 nitrogen and oxygen atoms in total. The lowest BCUT2D eigenvalue weighted by Gasteiger charge is -2.13. The third-order valence-corrected chi connectivity index (χ3v) is 4.06. The van der Waals surface area contributed by atoms with Crippen LogP contribution < -0.4 is 5.32 Å². The Labute approximate surface area is 142 Å². The van der Waals surface area contributed by atoms with E-state index in [0.717, 1.165) is 37.4 Å². The van der Waals surface area contributed by atoms with E-state index in [-0.39, 0.29) is 12.0 Å². The van der Waals surface area contributed by atoms with E-state index in [1.165, 1.54) is 0 Å². The Hall–Kier alpha value is -2.18. The Kier molecular flexibility index (Phi) is 5.27. The first-order valence-corrected chi connectivity index (χ1v) is 8.30. The molecular formula is C18H24N4O2. The molecule has 1 fully saturated rings. The van der Waals surface area contributed by atoms with Crippen molar-refractivity contribution >= 4 is 5.91 Å². The number of hydrogen-bond donors (Lipinski definition) is 1. The lowest BCUT2D eigenvalue weighted by atomic mass is 10.1. The lowest BCUT2D eigenvalue weighted by Crippen LogP contribution is -2.32. The number of para-hydroxylation sites is 1. The van der Waals surface area contributed by atoms with Gasteiger partial charge in [-0.1, -0.05) is 12.1 Å². The van der Waals surface area contributed by atoms with Gasteiger partial charge in [-0.2, -0.15) is 0 Å². The number of rotatable bonds is 6. The van der Waals surface area contributed by atoms with Crippen molar-refractivity contribution in [1.82, 2.24) is 19.8 Å². The van der Waals surface area contributed by atoms with Crippen LogP contribution in [0.4, 0.5) is 0 Å². The van der Waals surface area contributed by atoms with Crippen LogP contribution in [0.2, 0.25) is 0 Å². The fraction of sp³-hybridized carbons (Fsp3) is 0.444. The third-order valence-electron chi connectivity index (χ3n) is 4.06. The van der Waals surface area contributed by atoms with E-state index in [0.29, 0.717) is 12.1 Å². The molecule has 1 atom stereocenters. The van der Waals surface area contributed by atoms with Crippen molar-refractivity contribution in [2.45, 2.75) is 25.5 Å². The van der Waals surface area contributed by atoms with Crippen molar-refractivity contribution < 1.29 is 9.53 Å². The van der Waals surface area contributed by atoms with Crippen molar-refractivity contribution in [3.63, 3.8) is 0 Å². The monoisotopic (exact) mass is 328 g/mol. The van der Waals surface area contributed by atoms with Crippen molar-refractivity contribution in [3.8, 4) is 5.69 Å². The number of hydrogen-bond acceptors (Lipinski definition) is 4. The average Bonchev–Trinajstić information content (AvgIpc) is 3.24. The number of aromatic nitrogens is 2. The van der Waals surface area contributed by atoms with Gasteiger partial charge in [-0.15, -0.1) is 0 Å². The Balaban J connectivity index is 1.74. The molecule has 0 aliphatic carbocycles. The maximum absolute atomic E-state index is 12.6. The molecule has 1 saturated heterocycles. The minimum Gasteiger partial charge on any atom is -0.376 e. The smallest absolute Gasteiger partial charge is 0.253 e. The second-order valence-electron chi connectivity index (χ2n) is 6.37. The van der Waals surface area contributed by atoms with Crippen LogP contribution >= 0.6 is 0 Å². The summed E-state index contributed by atoms with van der Waals surface area (Å²) in [6, 6.07) is 7.58. The molecule has 2 heterocycles. The maximum atomic E-state index is 12.6. The molecule has 2 aromatic rings. The normalized spacial score (nSPS) is 17.4. The maximum Gasteiger partial charge on any atom is 0.253 e. The van der Waals surface area contributed by atoms with Gasteiger partial charge in [0, 0.05) is 25.9 Å². The summed E-state index contributed by atoms with van der Waals surface area (Å²) < 4.78 is 7.46. The molecule has 0 spiro atoms. The number of imidazole rings is 1. The number of carbonyl (C=O) groups excluding carboxylic acids is 1. The highest BCUT2D eigenvalue weighted by atomic mass is 16.5. The van der Waals surface area contributed by atoms with Gasteiger partial charge < -0.3 is 19.5 Å². The molecule has 1 amide bonds. The molecule has 6 heteroatoms. The zero-order valence-electron chi connectivity index (χ0n) is 14.2. The quantitative estimate of drug-likeness (QED) is 0.879. The highest BCUT2D eigenvalue weighted by Gasteiger charge is 2.18. The van der Waals surface area contributed by atoms with Crippen molar-refractivity contribution in [1.29, 1.82) is 0 Å². The first-order valence-electron chi connectivity index (χ1n) is 8.30. The summed E-state index contributed by atoms with van der Waals surface area (Å²) in [5.74, 6) is -0.0797. The Morgan fingerprint density at radius 1 is 1.42 bits per heavy atom. The number of ether oxygens (including phenoxy) is 1. The van der Waals surface area contributed by atoms with E-state index < -0.39 is 0 Å². The average molecular weight is 328 g/mol. The number of amides is 1. The van der Waals surface area contributed by atoms with Crippen LogP contribution in [0.15, 0.2) is 36.8 Å². The van der Waals surface area contributed by atoms with Crippen LogP contribution in [-0.4, -0.2) is 53.7 Å². The van der Waals surface area contributed by atoms with Crippen molar-refractivity contribution in [3.05, 3.63) is 48.0 Å². The predicted molar refractivity (Wildman–Crippen MR) is 92.3 cm³/mol. The van der Waals surface area contributed by atoms with E-state index in [1.807, 2.05) is 49.1 Å². The highest BCUT2D eigenvalue weighted by molar-refractivity contribution is 5.97. The molecule has 1 aliphatic rings. The topological polar surface area (TPSA) is 59.4 Å². The predicted octanol–water partition coefficient (Wildman–Crippen LogP) is 1.84. The summed E-state index contributed by atoms with van der Waals surface area (Å²) in [5, 5.41) is 2.98. The molecule has 0 bridgehead atoms. The second-order valence-corrected chi connectivity index (χ2v) is 6.37. The van der Waals surface area contributed by atoms with Crippen molar-refractivity contribution in [2.24, 2.45) is 0 Å². The van der Waals surface area contributed by atoms with Gasteiger partial charge in [0.25, 0.3) is 5.91 Å². The molecule has 24 heavy (non-hydrogen) atoms. The number of carbonyl (C=O) groups is 1. The summed E-state index contributed by atoms with van der Waals surface area (Å²) in [7, 11) is 4.01. The third kappa shape index (κ3) is 4.01. The van der Waals surface area contributed by atoms with Gasteiger partial charge >= 0.3 is 0 Å². The summed E-state index contributed by atoms with van der Waals surface area (Å²) in [4.78, 5) is 19.0. The number of nitrogens with one attached hydrogen (secondary N) is 1. The highest BCUT2D eigenvalue weighted by Crippen LogP contribution is 2.16. The van der Waals surface area contributed by atoms with Gasteiger partial charge in [0.15, 0.2) is 0 Å². The number of nitrogens with zero attached hydrogens (tertiary/aromatic N) is 3. The van der Waals surface area contributed by atoms with E-state index in [4.69, 9.17) is 4.74 Å². The van der Waals surface area contributed by atoms with Crippen LogP contribution in [0.25, 0.3) is 5.69 Å². The van der Waals surface area contributed by atoms with E-state index in [2.05, 4.69) is 15.2 Å². The van der Waals surface area contributed by atoms with Gasteiger partial charge in [0.1, 0.15) is 0 Å². The van der Waals surface area contributed by atoms with E-state index in [9.17, 15) is 4.79 Å². The molecule has 1 aromatic carbocycles. The largest absolute Gasteiger partial charge is 0.376 e. The zero-order chi connectivity index (χ0) is 16.9. The van der Waals surface area contributed by atoms with Crippen LogP contribution in [0.1, 0.15) is 28.9 Å². The SMILES string of the molecule is CN(C)Cc1cn(-c2ccccc2C(=O)NC[C@H]2CCCO2)cn1. The lowest BCUT2D eigenvalue weighted by molar-refractivity contribution is 0.0858. The zero-order valence-corrected chi connectivity index (χ0v) is 14.2. The van der Waals surface area contributed by atoms with Gasteiger partial charge in [-0.05, 0) is 39.1 Å². The van der Waals surface area contributed by atoms with Gasteiger partial charge in [0.05, 0.1) is 29.4 Å². The molecule has 0 saturated carbocycles. The van der Waals surface area contributed by atoms with E-state index >= 15 is 0 Å². The van der Waals surface area contributed by atoms with E-state index in [1.54, 1.807) is 6.33 Å². The minimum atomic E-state index is -0.0797. The van der Waals surface area contributed by atoms with Crippen LogP contribution in [0.5, 0.6) is 0 Å². The van der Waals surface area contributed by atoms with Crippen molar-refractivity contribution in [2.75, 3.05) is 27.2 Å². The molecule has 3 rings (SSSR count). The summed E-state index contributed by atoms with van der Waals surface area (Å²) >= 11 is 0. The molecule has 1 N–H and O–H groups in total. The summed E-state index contributed by atoms with van der Waals surface area (Å²) in [5.41, 5.74) is 2.44. The van der Waals surface area contributed by atoms with Gasteiger partial charge in [-0.25, -0.2) is 4.98 Å². The van der Waals surface area contributed by atoms with Crippen LogP contribution in [-0.2, 0) is 11.3 Å². The molecule has 1 aliphatic heterocycles. The Morgan fingerprint density at radius 2 is 2.25 bits per heavy atom. The molecule has 1 aromatic heterocycles. The number of benzene rings is 1. The molecule has 0 unspecified atom stereocenters. The summed E-state index contributed by atoms with van der Waals surface area (Å²) in [6.45, 7) is 2.12. The molecular weight excluding hydrogens is 304 g/mol. The molecule has 0 radical (unpaired) electrons. The summed E-state index contributed by atoms with van der Waals surface area (Å²) in [6.07, 6.45) is 5.94. The standard InChI is InChI=1S/C18H24N4O2/c1-21(2)11-14-12-22(13-20-14)17-8-4-3-7-16(17)18(23)19-10-15-6-5-9-24-15/h3-4,7-8,12-13,15H,5-6,9-11H2,1-2H3,(H,19,23)/t15-/m1/s1. The van der Waals surface area contributed by atoms with Gasteiger partial charge in [0.2, 0.25) is 0 Å². The van der Waals surface area contributed by atoms with Gasteiger partial charge in [-0.3, -0.25) is 4.79 Å². The minimum absolute atomic E-state index is 0.0797. The Morgan fingerprint density at radius 3 is 3.00 bits per heavy atom. The molecule has 128 valence electrons. The fourth-order valence-electron chi connectivity index (χ4n) is 2.90. The van der Waals surface area contributed by atoms with Crippen LogP contribution in [0.3, 0.4) is 0 Å². The van der Waals surface area contributed by atoms with Crippen LogP contribution in [0, 0.1) is 0 Å². The first kappa shape index (κ1) is 16.7. The Bertz CT molecular complexity index is 690. The second kappa shape index (κ2) is 7.59. The first-order chi connectivity index (χ1) is 11.6. The fourth-order valence-corrected chi connectivity index (χ4v) is 2.90.